The fourth-order valence-corrected chi connectivity index (χ4v) is 10.3. The molecule has 0 unspecified atom stereocenters. The number of rotatable bonds is 13. The van der Waals surface area contributed by atoms with Gasteiger partial charge in [0.1, 0.15) is 0 Å². The van der Waals surface area contributed by atoms with Gasteiger partial charge in [-0.2, -0.15) is 0 Å². The highest BCUT2D eigenvalue weighted by Gasteiger charge is 2.42. The number of hydrogen-bond acceptors (Lipinski definition) is 5. The van der Waals surface area contributed by atoms with E-state index >= 15 is 0 Å². The number of ether oxygens (including phenoxy) is 2. The molecule has 0 saturated carbocycles. The van der Waals surface area contributed by atoms with Crippen LogP contribution in [0.25, 0.3) is 0 Å². The van der Waals surface area contributed by atoms with Gasteiger partial charge in [0.25, 0.3) is 0 Å². The molecule has 2 N–H and O–H groups in total. The van der Waals surface area contributed by atoms with Crippen molar-refractivity contribution in [3.8, 4) is 23.0 Å². The molecular formula is C29H48O5Si2-. The molecule has 0 bridgehead atoms. The van der Waals surface area contributed by atoms with Gasteiger partial charge in [0, 0.05) is 5.22 Å². The van der Waals surface area contributed by atoms with Crippen molar-refractivity contribution in [1.29, 1.82) is 0 Å². The molecule has 2 rings (SSSR count). The standard InChI is InChI=1S/C29H48O5Si2/c1-28(2,18-17-23-14-16-25(31)27(21-23)33-6)36(9,10)34-29(3,4)35(7,8)19-11-12-22-13-15-24(30)26(20-22)32-5/h13-16,20-21,30-31H,11-12,17-19H2,1-10H3/q-1. The zero-order valence-corrected chi connectivity index (χ0v) is 26.1. The minimum atomic E-state index is -2.07. The van der Waals surface area contributed by atoms with Gasteiger partial charge in [-0.25, -0.2) is 0 Å². The van der Waals surface area contributed by atoms with Crippen LogP contribution in [0.2, 0.25) is 37.3 Å². The van der Waals surface area contributed by atoms with E-state index in [1.165, 1.54) is 17.2 Å². The summed E-state index contributed by atoms with van der Waals surface area (Å²) in [5.41, 5.74) is 2.36. The molecule has 0 aliphatic rings. The van der Waals surface area contributed by atoms with Crippen LogP contribution < -0.4 is 9.47 Å². The van der Waals surface area contributed by atoms with Crippen molar-refractivity contribution in [2.45, 2.75) is 95.9 Å². The second-order valence-electron chi connectivity index (χ2n) is 12.3. The highest BCUT2D eigenvalue weighted by Crippen LogP contribution is 2.46. The second-order valence-corrected chi connectivity index (χ2v) is 22.3. The van der Waals surface area contributed by atoms with Crippen molar-refractivity contribution in [3.05, 3.63) is 47.5 Å². The van der Waals surface area contributed by atoms with Crippen LogP contribution in [0.3, 0.4) is 0 Å². The molecule has 36 heavy (non-hydrogen) atoms. The average Bonchev–Trinajstić information content (AvgIpc) is 2.78. The third kappa shape index (κ3) is 7.29. The number of aryl methyl sites for hydroxylation is 2. The number of phenols is 2. The molecule has 0 aromatic heterocycles. The van der Waals surface area contributed by atoms with Gasteiger partial charge in [0.05, 0.1) is 22.3 Å². The second kappa shape index (κ2) is 11.6. The van der Waals surface area contributed by atoms with Gasteiger partial charge in [0.2, 0.25) is 0 Å². The van der Waals surface area contributed by atoms with E-state index in [0.29, 0.717) is 11.5 Å². The van der Waals surface area contributed by atoms with Crippen LogP contribution in [-0.2, 0) is 17.3 Å². The summed E-state index contributed by atoms with van der Waals surface area (Å²) in [5.74, 6) is 1.42. The van der Waals surface area contributed by atoms with Crippen LogP contribution in [0.1, 0.15) is 51.7 Å². The quantitative estimate of drug-likeness (QED) is 0.259. The third-order valence-corrected chi connectivity index (χ3v) is 18.3. The maximum Gasteiger partial charge on any atom is 0.160 e. The summed E-state index contributed by atoms with van der Waals surface area (Å²) >= 11 is 0. The van der Waals surface area contributed by atoms with E-state index in [1.807, 2.05) is 24.3 Å². The van der Waals surface area contributed by atoms with E-state index in [9.17, 15) is 10.2 Å². The number of aromatic hydroxyl groups is 2. The zero-order chi connectivity index (χ0) is 27.4. The minimum Gasteiger partial charge on any atom is -0.563 e. The van der Waals surface area contributed by atoms with Gasteiger partial charge in [-0.3, -0.25) is 0 Å². The van der Waals surface area contributed by atoms with Crippen molar-refractivity contribution in [2.75, 3.05) is 14.2 Å². The van der Waals surface area contributed by atoms with E-state index in [2.05, 4.69) is 53.9 Å². The maximum atomic E-state index is 9.91. The van der Waals surface area contributed by atoms with Crippen LogP contribution in [0.4, 0.5) is 0 Å². The van der Waals surface area contributed by atoms with E-state index in [4.69, 9.17) is 13.9 Å². The summed E-state index contributed by atoms with van der Waals surface area (Å²) in [4.78, 5) is 0. The largest absolute Gasteiger partial charge is 0.563 e. The molecule has 0 atom stereocenters. The van der Waals surface area contributed by atoms with Crippen LogP contribution in [-0.4, -0.2) is 46.0 Å². The Bertz CT molecular complexity index is 1010. The number of phenolic OH excluding ortho intramolecular Hbond substituents is 2. The zero-order valence-electron chi connectivity index (χ0n) is 24.1. The lowest BCUT2D eigenvalue weighted by molar-refractivity contribution is 0.159. The molecule has 0 aliphatic heterocycles. The Labute approximate surface area is 221 Å². The van der Waals surface area contributed by atoms with Crippen molar-refractivity contribution in [1.82, 2.24) is 0 Å². The van der Waals surface area contributed by atoms with Crippen LogP contribution >= 0.6 is 0 Å². The van der Waals surface area contributed by atoms with Gasteiger partial charge in [-0.15, -0.1) is 18.1 Å². The lowest BCUT2D eigenvalue weighted by atomic mass is 10.0. The van der Waals surface area contributed by atoms with Gasteiger partial charge >= 0.3 is 0 Å². The van der Waals surface area contributed by atoms with Gasteiger partial charge in [-0.05, 0) is 70.4 Å². The summed E-state index contributed by atoms with van der Waals surface area (Å²) in [6, 6.07) is 12.4. The molecule has 2 aromatic rings. The molecule has 2 aromatic carbocycles. The SMILES string of the molecule is COc1cc(CCC[Si](C)(C)C(C)(C)O[Si-](C)(C)C(C)(C)CCc2ccc(O)c(OC)c2)ccc1O. The first-order valence-corrected chi connectivity index (χ1v) is 19.1. The molecule has 0 aliphatic carbocycles. The Kier molecular flexibility index (Phi) is 9.76. The molecule has 0 spiro atoms. The molecule has 7 heteroatoms. The molecule has 203 valence electrons. The summed E-state index contributed by atoms with van der Waals surface area (Å²) in [6.07, 6.45) is 3.99. The highest BCUT2D eigenvalue weighted by molar-refractivity contribution is 6.82. The van der Waals surface area contributed by atoms with Crippen LogP contribution in [0.15, 0.2) is 36.4 Å². The fourth-order valence-electron chi connectivity index (χ4n) is 4.46. The molecule has 0 saturated heterocycles. The first kappa shape index (κ1) is 30.3. The Morgan fingerprint density at radius 3 is 1.75 bits per heavy atom. The first-order chi connectivity index (χ1) is 16.5. The minimum absolute atomic E-state index is 0.0719. The van der Waals surface area contributed by atoms with Crippen molar-refractivity contribution in [3.63, 3.8) is 0 Å². The smallest absolute Gasteiger partial charge is 0.160 e. The van der Waals surface area contributed by atoms with E-state index in [0.717, 1.165) is 25.7 Å². The molecule has 0 radical (unpaired) electrons. The summed E-state index contributed by atoms with van der Waals surface area (Å²) in [7, 11) is -0.627. The lowest BCUT2D eigenvalue weighted by Crippen LogP contribution is -2.59. The van der Waals surface area contributed by atoms with Crippen molar-refractivity contribution < 1.29 is 24.1 Å². The molecular weight excluding hydrogens is 484 g/mol. The predicted octanol–water partition coefficient (Wildman–Crippen LogP) is 7.71. The molecule has 0 fully saturated rings. The molecule has 5 nitrogen and oxygen atoms in total. The van der Waals surface area contributed by atoms with Crippen molar-refractivity contribution in [2.24, 2.45) is 0 Å². The lowest BCUT2D eigenvalue weighted by Gasteiger charge is -2.59. The number of methoxy groups -OCH3 is 2. The van der Waals surface area contributed by atoms with Gasteiger partial charge in [0.15, 0.2) is 23.0 Å². The Balaban J connectivity index is 2.03. The van der Waals surface area contributed by atoms with Gasteiger partial charge < -0.3 is 24.1 Å². The topological polar surface area (TPSA) is 68.2 Å². The summed E-state index contributed by atoms with van der Waals surface area (Å²) in [6.45, 7) is 18.9. The predicted molar refractivity (Wildman–Crippen MR) is 155 cm³/mol. The fraction of sp³-hybridized carbons (Fsp3) is 0.586. The summed E-state index contributed by atoms with van der Waals surface area (Å²) in [5, 5.41) is 19.7. The Morgan fingerprint density at radius 1 is 0.806 bits per heavy atom. The number of hydrogen-bond donors (Lipinski definition) is 2. The third-order valence-electron chi connectivity index (χ3n) is 8.56. The van der Waals surface area contributed by atoms with Crippen LogP contribution in [0.5, 0.6) is 23.0 Å². The Morgan fingerprint density at radius 2 is 1.28 bits per heavy atom. The highest BCUT2D eigenvalue weighted by atomic mass is 28.4. The maximum absolute atomic E-state index is 9.91. The van der Waals surface area contributed by atoms with E-state index < -0.39 is 16.4 Å². The van der Waals surface area contributed by atoms with E-state index in [1.54, 1.807) is 26.4 Å². The molecule has 0 heterocycles. The Hall–Kier alpha value is -1.97. The average molecular weight is 533 g/mol. The molecule has 0 amide bonds. The summed E-state index contributed by atoms with van der Waals surface area (Å²) < 4.78 is 17.7. The van der Waals surface area contributed by atoms with Crippen molar-refractivity contribution >= 4 is 16.4 Å². The normalized spacial score (nSPS) is 13.1. The number of benzene rings is 2. The first-order valence-electron chi connectivity index (χ1n) is 13.0. The van der Waals surface area contributed by atoms with E-state index in [-0.39, 0.29) is 21.8 Å². The monoisotopic (exact) mass is 532 g/mol. The van der Waals surface area contributed by atoms with Crippen LogP contribution in [0, 0.1) is 0 Å². The van der Waals surface area contributed by atoms with Gasteiger partial charge in [-0.1, -0.05) is 58.0 Å².